The van der Waals surface area contributed by atoms with Gasteiger partial charge < -0.3 is 20.1 Å². The van der Waals surface area contributed by atoms with Crippen molar-refractivity contribution in [2.24, 2.45) is 0 Å². The summed E-state index contributed by atoms with van der Waals surface area (Å²) in [4.78, 5) is 21.0. The Bertz CT molecular complexity index is 1320. The monoisotopic (exact) mass is 578 g/mol. The van der Waals surface area contributed by atoms with Crippen LogP contribution in [-0.2, 0) is 17.6 Å². The number of carbonyl (C=O) groups excluding carboxylic acids is 1. The predicted octanol–water partition coefficient (Wildman–Crippen LogP) is 4.60. The van der Waals surface area contributed by atoms with E-state index >= 15 is 0 Å². The lowest BCUT2D eigenvalue weighted by molar-refractivity contribution is -0.115. The van der Waals surface area contributed by atoms with Crippen LogP contribution in [0.15, 0.2) is 10.8 Å². The number of anilines is 2. The molecule has 1 aliphatic carbocycles. The molecule has 2 atom stereocenters. The van der Waals surface area contributed by atoms with E-state index in [1.807, 2.05) is 10.8 Å². The van der Waals surface area contributed by atoms with E-state index in [2.05, 4.69) is 41.0 Å². The maximum absolute atomic E-state index is 12.4. The highest BCUT2D eigenvalue weighted by molar-refractivity contribution is 7.15. The fraction of sp³-hybridized carbons (Fsp3) is 0.500. The molecule has 0 unspecified atom stereocenters. The third-order valence-electron chi connectivity index (χ3n) is 5.91. The summed E-state index contributed by atoms with van der Waals surface area (Å²) in [5.74, 6) is 0.473. The van der Waals surface area contributed by atoms with Gasteiger partial charge in [-0.3, -0.25) is 4.79 Å². The van der Waals surface area contributed by atoms with Crippen molar-refractivity contribution < 1.29 is 14.3 Å². The number of carbonyl (C=O) groups is 1. The van der Waals surface area contributed by atoms with E-state index in [0.717, 1.165) is 59.5 Å². The number of aromatic nitrogens is 6. The summed E-state index contributed by atoms with van der Waals surface area (Å²) in [6.45, 7) is 0.740. The highest BCUT2D eigenvalue weighted by Gasteiger charge is 2.29. The summed E-state index contributed by atoms with van der Waals surface area (Å²) in [7, 11) is 3.19. The maximum Gasteiger partial charge on any atom is 0.273 e. The highest BCUT2D eigenvalue weighted by atomic mass is 32.1. The molecule has 11 nitrogen and oxygen atoms in total. The molecule has 4 aromatic rings. The molecule has 0 aromatic carbocycles. The third kappa shape index (κ3) is 6.77. The van der Waals surface area contributed by atoms with E-state index in [1.54, 1.807) is 25.6 Å². The second-order valence-corrected chi connectivity index (χ2v) is 12.1. The molecule has 2 N–H and O–H groups in total. The number of ether oxygens (including phenoxy) is 2. The fourth-order valence-corrected chi connectivity index (χ4v) is 7.28. The van der Waals surface area contributed by atoms with Gasteiger partial charge in [0.2, 0.25) is 16.2 Å². The summed E-state index contributed by atoms with van der Waals surface area (Å²) in [5, 5.41) is 32.0. The van der Waals surface area contributed by atoms with Crippen LogP contribution in [0.1, 0.15) is 58.9 Å². The van der Waals surface area contributed by atoms with Crippen LogP contribution in [0.2, 0.25) is 0 Å². The van der Waals surface area contributed by atoms with E-state index in [-0.39, 0.29) is 12.3 Å². The first-order chi connectivity index (χ1) is 18.1. The molecule has 1 aliphatic rings. The van der Waals surface area contributed by atoms with Crippen molar-refractivity contribution in [3.05, 3.63) is 32.2 Å². The number of hydrogen-bond acceptors (Lipinski definition) is 14. The van der Waals surface area contributed by atoms with Crippen LogP contribution in [0, 0.1) is 0 Å². The Labute approximate surface area is 229 Å². The lowest BCUT2D eigenvalue weighted by Gasteiger charge is -2.25. The van der Waals surface area contributed by atoms with Gasteiger partial charge in [0.1, 0.15) is 10.0 Å². The molecule has 15 heteroatoms. The average molecular weight is 579 g/mol. The Morgan fingerprint density at radius 1 is 0.919 bits per heavy atom. The first-order valence-corrected chi connectivity index (χ1v) is 15.2. The van der Waals surface area contributed by atoms with Gasteiger partial charge in [-0.25, -0.2) is 9.97 Å². The van der Waals surface area contributed by atoms with Gasteiger partial charge in [0.25, 0.3) is 10.4 Å². The number of nitrogens with one attached hydrogen (secondary N) is 2. The molecule has 37 heavy (non-hydrogen) atoms. The van der Waals surface area contributed by atoms with Crippen LogP contribution >= 0.6 is 45.3 Å². The second-order valence-electron chi connectivity index (χ2n) is 8.47. The van der Waals surface area contributed by atoms with Crippen molar-refractivity contribution in [2.75, 3.05) is 31.4 Å². The van der Waals surface area contributed by atoms with Gasteiger partial charge in [0.05, 0.1) is 32.0 Å². The molecule has 1 fully saturated rings. The van der Waals surface area contributed by atoms with Gasteiger partial charge in [-0.05, 0) is 19.3 Å². The first-order valence-electron chi connectivity index (χ1n) is 11.8. The first kappa shape index (κ1) is 25.9. The van der Waals surface area contributed by atoms with Crippen LogP contribution in [0.3, 0.4) is 0 Å². The molecular formula is C22H26N8O3S4. The molecule has 0 aliphatic heterocycles. The minimum atomic E-state index is -0.167. The van der Waals surface area contributed by atoms with E-state index in [1.165, 1.54) is 34.0 Å². The van der Waals surface area contributed by atoms with Crippen LogP contribution in [0.25, 0.3) is 0 Å². The minimum absolute atomic E-state index is 0.167. The van der Waals surface area contributed by atoms with Gasteiger partial charge in [-0.2, -0.15) is 0 Å². The van der Waals surface area contributed by atoms with Gasteiger partial charge in [-0.1, -0.05) is 51.8 Å². The lowest BCUT2D eigenvalue weighted by Crippen LogP contribution is -2.14. The Morgan fingerprint density at radius 3 is 2.22 bits per heavy atom. The Morgan fingerprint density at radius 2 is 1.54 bits per heavy atom. The molecule has 0 radical (unpaired) electrons. The molecule has 5 rings (SSSR count). The van der Waals surface area contributed by atoms with Crippen molar-refractivity contribution in [2.45, 2.75) is 50.4 Å². The van der Waals surface area contributed by atoms with Crippen LogP contribution in [0.5, 0.6) is 10.4 Å². The van der Waals surface area contributed by atoms with Crippen molar-refractivity contribution in [1.82, 2.24) is 30.4 Å². The summed E-state index contributed by atoms with van der Waals surface area (Å²) in [6.07, 6.45) is 5.16. The minimum Gasteiger partial charge on any atom is -0.473 e. The van der Waals surface area contributed by atoms with E-state index in [9.17, 15) is 4.79 Å². The zero-order chi connectivity index (χ0) is 25.6. The van der Waals surface area contributed by atoms with Crippen LogP contribution in [0.4, 0.5) is 10.3 Å². The number of amides is 1. The van der Waals surface area contributed by atoms with Crippen molar-refractivity contribution >= 4 is 61.5 Å². The normalized spacial score (nSPS) is 17.5. The topological polar surface area (TPSA) is 137 Å². The Hall–Kier alpha value is -2.75. The fourth-order valence-electron chi connectivity index (χ4n) is 4.15. The zero-order valence-electron chi connectivity index (χ0n) is 20.3. The zero-order valence-corrected chi connectivity index (χ0v) is 23.6. The lowest BCUT2D eigenvalue weighted by atomic mass is 9.82. The number of methoxy groups -OCH3 is 2. The predicted molar refractivity (Wildman–Crippen MR) is 146 cm³/mol. The molecule has 1 saturated carbocycles. The van der Waals surface area contributed by atoms with E-state index in [0.29, 0.717) is 33.0 Å². The van der Waals surface area contributed by atoms with E-state index in [4.69, 9.17) is 9.47 Å². The molecule has 0 spiro atoms. The standard InChI is InChI=1S/C22H26N8O3S4/c1-32-21-24-14(10-34-21)6-7-23-19-29-27-17(36-19)12-4-3-5-13(8-12)18-28-30-20(37-18)26-16(31)9-15-11-35-22(25-15)33-2/h10-13H,3-9H2,1-2H3,(H,23,29)(H,26,30,31)/t12-,13-/m0/s1. The Balaban J connectivity index is 1.12. The SMILES string of the molecule is COc1nc(CCNc2nnc([C@H]3CCC[C@H](c4nnc(NC(=O)Cc5csc(OC)n5)s4)C3)s2)cs1. The maximum atomic E-state index is 12.4. The molecule has 0 saturated heterocycles. The van der Waals surface area contributed by atoms with Crippen LogP contribution in [-0.4, -0.2) is 57.0 Å². The Kier molecular flexibility index (Phi) is 8.53. The van der Waals surface area contributed by atoms with Crippen molar-refractivity contribution in [3.8, 4) is 10.4 Å². The summed E-state index contributed by atoms with van der Waals surface area (Å²) in [5.41, 5.74) is 1.68. The molecule has 0 bridgehead atoms. The number of rotatable bonds is 11. The highest BCUT2D eigenvalue weighted by Crippen LogP contribution is 2.43. The second kappa shape index (κ2) is 12.2. The van der Waals surface area contributed by atoms with Crippen molar-refractivity contribution in [1.29, 1.82) is 0 Å². The van der Waals surface area contributed by atoms with E-state index < -0.39 is 0 Å². The van der Waals surface area contributed by atoms with Gasteiger partial charge in [0, 0.05) is 35.6 Å². The van der Waals surface area contributed by atoms with Crippen molar-refractivity contribution in [3.63, 3.8) is 0 Å². The average Bonchev–Trinajstić information content (AvgIpc) is 3.72. The third-order valence-corrected chi connectivity index (χ3v) is 9.65. The molecular weight excluding hydrogens is 553 g/mol. The van der Waals surface area contributed by atoms with Gasteiger partial charge in [0.15, 0.2) is 0 Å². The number of hydrogen-bond donors (Lipinski definition) is 2. The largest absolute Gasteiger partial charge is 0.473 e. The van der Waals surface area contributed by atoms with Gasteiger partial charge >= 0.3 is 0 Å². The quantitative estimate of drug-likeness (QED) is 0.260. The number of nitrogens with zero attached hydrogens (tertiary/aromatic N) is 6. The number of thiazole rings is 2. The summed E-state index contributed by atoms with van der Waals surface area (Å²) < 4.78 is 10.2. The summed E-state index contributed by atoms with van der Waals surface area (Å²) >= 11 is 5.93. The van der Waals surface area contributed by atoms with Gasteiger partial charge in [-0.15, -0.1) is 20.4 Å². The smallest absolute Gasteiger partial charge is 0.273 e. The molecule has 4 aromatic heterocycles. The molecule has 196 valence electrons. The summed E-state index contributed by atoms with van der Waals surface area (Å²) in [6, 6.07) is 0. The molecule has 1 amide bonds. The van der Waals surface area contributed by atoms with Crippen LogP contribution < -0.4 is 20.1 Å². The molecule has 4 heterocycles.